The summed E-state index contributed by atoms with van der Waals surface area (Å²) in [6.45, 7) is 0. The van der Waals surface area contributed by atoms with E-state index in [4.69, 9.17) is 23.2 Å². The van der Waals surface area contributed by atoms with Crippen molar-refractivity contribution in [2.75, 3.05) is 17.7 Å². The predicted molar refractivity (Wildman–Crippen MR) is 119 cm³/mol. The number of carbonyl (C=O) groups is 1. The van der Waals surface area contributed by atoms with Gasteiger partial charge >= 0.3 is 6.03 Å². The van der Waals surface area contributed by atoms with E-state index >= 15 is 0 Å². The number of halogens is 2. The van der Waals surface area contributed by atoms with Crippen molar-refractivity contribution >= 4 is 57.9 Å². The second-order valence-electron chi connectivity index (χ2n) is 7.05. The van der Waals surface area contributed by atoms with Gasteiger partial charge in [-0.15, -0.1) is 0 Å². The van der Waals surface area contributed by atoms with Crippen LogP contribution in [-0.4, -0.2) is 48.6 Å². The number of fused-ring (bicyclic) bond motifs is 1. The topological polar surface area (TPSA) is 125 Å². The first kappa shape index (κ1) is 19.6. The molecular formula is C19H17Cl2N9O. The summed E-state index contributed by atoms with van der Waals surface area (Å²) in [5.74, 6) is 1.36. The Balaban J connectivity index is 1.48. The van der Waals surface area contributed by atoms with Crippen LogP contribution in [0.5, 0.6) is 0 Å². The lowest BCUT2D eigenvalue weighted by Crippen LogP contribution is -2.30. The van der Waals surface area contributed by atoms with Gasteiger partial charge in [-0.3, -0.25) is 0 Å². The van der Waals surface area contributed by atoms with E-state index < -0.39 is 0 Å². The van der Waals surface area contributed by atoms with Crippen molar-refractivity contribution in [2.24, 2.45) is 0 Å². The van der Waals surface area contributed by atoms with E-state index in [1.54, 1.807) is 7.05 Å². The van der Waals surface area contributed by atoms with Crippen LogP contribution in [0.2, 0.25) is 10.3 Å². The van der Waals surface area contributed by atoms with Crippen LogP contribution in [0.3, 0.4) is 0 Å². The summed E-state index contributed by atoms with van der Waals surface area (Å²) in [5.41, 5.74) is 2.41. The van der Waals surface area contributed by atoms with Crippen molar-refractivity contribution < 1.29 is 4.79 Å². The Morgan fingerprint density at radius 1 is 1.23 bits per heavy atom. The van der Waals surface area contributed by atoms with Gasteiger partial charge in [-0.25, -0.2) is 19.3 Å². The first-order chi connectivity index (χ1) is 15.0. The number of nitrogens with one attached hydrogen (secondary N) is 4. The van der Waals surface area contributed by atoms with E-state index in [9.17, 15) is 4.79 Å². The minimum Gasteiger partial charge on any atom is -0.371 e. The fourth-order valence-corrected chi connectivity index (χ4v) is 3.35. The number of nitrogens with zero attached hydrogens (tertiary/aromatic N) is 5. The van der Waals surface area contributed by atoms with Gasteiger partial charge in [-0.1, -0.05) is 35.3 Å². The Hall–Kier alpha value is -3.37. The largest absolute Gasteiger partial charge is 0.371 e. The SMILES string of the molecule is CNc1nc(Nc2cccc(-c3nc(Cl)c(Cl)[nH]3)c2)nc2c1ncn2C(=O)NC1CC1. The molecule has 3 heterocycles. The molecule has 1 amide bonds. The molecule has 4 N–H and O–H groups in total. The van der Waals surface area contributed by atoms with Gasteiger partial charge < -0.3 is 20.9 Å². The quantitative estimate of drug-likeness (QED) is 0.356. The number of imidazole rings is 2. The standard InChI is InChI=1S/C19H17Cl2N9O/c1-22-16-12-17(30(8-23-12)19(31)25-10-5-6-10)29-18(28-16)24-11-4-2-3-9(7-11)15-26-13(20)14(21)27-15/h2-4,7-8,10H,5-6H2,1H3,(H,25,31)(H,26,27)(H2,22,24,28,29). The van der Waals surface area contributed by atoms with Gasteiger partial charge in [0.1, 0.15) is 17.3 Å². The van der Waals surface area contributed by atoms with Crippen molar-refractivity contribution in [1.82, 2.24) is 34.8 Å². The third-order valence-corrected chi connectivity index (χ3v) is 5.41. The Kier molecular flexibility index (Phi) is 4.87. The molecule has 1 saturated carbocycles. The lowest BCUT2D eigenvalue weighted by Gasteiger charge is -2.10. The number of H-pyrrole nitrogens is 1. The molecule has 0 unspecified atom stereocenters. The third kappa shape index (κ3) is 3.87. The second-order valence-corrected chi connectivity index (χ2v) is 7.79. The van der Waals surface area contributed by atoms with Gasteiger partial charge in [0.15, 0.2) is 22.1 Å². The van der Waals surface area contributed by atoms with Crippen LogP contribution in [0.1, 0.15) is 12.8 Å². The predicted octanol–water partition coefficient (Wildman–Crippen LogP) is 4.03. The molecule has 10 nitrogen and oxygen atoms in total. The number of hydrogen-bond donors (Lipinski definition) is 4. The monoisotopic (exact) mass is 457 g/mol. The van der Waals surface area contributed by atoms with E-state index in [1.807, 2.05) is 24.3 Å². The Morgan fingerprint density at radius 3 is 2.77 bits per heavy atom. The summed E-state index contributed by atoms with van der Waals surface area (Å²) in [7, 11) is 1.74. The van der Waals surface area contributed by atoms with Crippen molar-refractivity contribution in [1.29, 1.82) is 0 Å². The number of rotatable bonds is 5. The molecule has 0 saturated heterocycles. The first-order valence-corrected chi connectivity index (χ1v) is 10.3. The molecule has 0 spiro atoms. The van der Waals surface area contributed by atoms with Crippen molar-refractivity contribution in [3.05, 3.63) is 40.9 Å². The Labute approximate surface area is 186 Å². The molecule has 12 heteroatoms. The summed E-state index contributed by atoms with van der Waals surface area (Å²) in [5, 5.41) is 9.60. The van der Waals surface area contributed by atoms with Gasteiger partial charge in [0.05, 0.1) is 0 Å². The first-order valence-electron chi connectivity index (χ1n) is 9.54. The maximum Gasteiger partial charge on any atom is 0.328 e. The number of hydrogen-bond acceptors (Lipinski definition) is 7. The van der Waals surface area contributed by atoms with Crippen LogP contribution in [0.15, 0.2) is 30.6 Å². The van der Waals surface area contributed by atoms with Crippen LogP contribution in [-0.2, 0) is 0 Å². The van der Waals surface area contributed by atoms with E-state index in [-0.39, 0.29) is 22.4 Å². The fraction of sp³-hybridized carbons (Fsp3) is 0.211. The van der Waals surface area contributed by atoms with Gasteiger partial charge in [0.2, 0.25) is 5.95 Å². The maximum absolute atomic E-state index is 12.5. The zero-order valence-corrected chi connectivity index (χ0v) is 17.8. The zero-order valence-electron chi connectivity index (χ0n) is 16.3. The Morgan fingerprint density at radius 2 is 2.06 bits per heavy atom. The number of amides is 1. The summed E-state index contributed by atoms with van der Waals surface area (Å²) < 4.78 is 1.39. The van der Waals surface area contributed by atoms with E-state index in [0.29, 0.717) is 28.8 Å². The fourth-order valence-electron chi connectivity index (χ4n) is 3.09. The number of aromatic nitrogens is 6. The van der Waals surface area contributed by atoms with Crippen LogP contribution < -0.4 is 16.0 Å². The molecule has 1 aliphatic carbocycles. The zero-order chi connectivity index (χ0) is 21.5. The van der Waals surface area contributed by atoms with Crippen molar-refractivity contribution in [2.45, 2.75) is 18.9 Å². The summed E-state index contributed by atoms with van der Waals surface area (Å²) in [6.07, 6.45) is 3.43. The molecule has 158 valence electrons. The molecule has 4 aromatic rings. The van der Waals surface area contributed by atoms with E-state index in [2.05, 4.69) is 40.9 Å². The third-order valence-electron chi connectivity index (χ3n) is 4.77. The van der Waals surface area contributed by atoms with Crippen LogP contribution in [0.25, 0.3) is 22.6 Å². The molecular weight excluding hydrogens is 441 g/mol. The van der Waals surface area contributed by atoms with E-state index in [1.165, 1.54) is 10.9 Å². The molecule has 0 radical (unpaired) electrons. The van der Waals surface area contributed by atoms with Crippen LogP contribution >= 0.6 is 23.2 Å². The lowest BCUT2D eigenvalue weighted by atomic mass is 10.2. The molecule has 3 aromatic heterocycles. The summed E-state index contributed by atoms with van der Waals surface area (Å²) in [6, 6.07) is 7.41. The molecule has 0 atom stereocenters. The normalized spacial score (nSPS) is 13.4. The molecule has 0 bridgehead atoms. The number of anilines is 3. The number of carbonyl (C=O) groups excluding carboxylic acids is 1. The average Bonchev–Trinajstić information content (AvgIpc) is 3.36. The minimum absolute atomic E-state index is 0.209. The molecule has 1 fully saturated rings. The molecule has 1 aliphatic rings. The highest BCUT2D eigenvalue weighted by molar-refractivity contribution is 6.40. The van der Waals surface area contributed by atoms with Crippen LogP contribution in [0, 0.1) is 0 Å². The van der Waals surface area contributed by atoms with Crippen molar-refractivity contribution in [3.8, 4) is 11.4 Å². The average molecular weight is 458 g/mol. The lowest BCUT2D eigenvalue weighted by molar-refractivity contribution is 0.242. The minimum atomic E-state index is -0.259. The number of benzene rings is 1. The van der Waals surface area contributed by atoms with Gasteiger partial charge in [-0.2, -0.15) is 9.97 Å². The van der Waals surface area contributed by atoms with Gasteiger partial charge in [0.25, 0.3) is 0 Å². The van der Waals surface area contributed by atoms with Crippen molar-refractivity contribution in [3.63, 3.8) is 0 Å². The molecule has 1 aromatic carbocycles. The maximum atomic E-state index is 12.5. The molecule has 5 rings (SSSR count). The van der Waals surface area contributed by atoms with Crippen LogP contribution in [0.4, 0.5) is 22.2 Å². The van der Waals surface area contributed by atoms with Gasteiger partial charge in [-0.05, 0) is 25.0 Å². The highest BCUT2D eigenvalue weighted by Crippen LogP contribution is 2.28. The summed E-state index contributed by atoms with van der Waals surface area (Å²) in [4.78, 5) is 33.0. The van der Waals surface area contributed by atoms with Gasteiger partial charge in [0, 0.05) is 24.3 Å². The smallest absolute Gasteiger partial charge is 0.328 e. The highest BCUT2D eigenvalue weighted by Gasteiger charge is 2.25. The molecule has 31 heavy (non-hydrogen) atoms. The highest BCUT2D eigenvalue weighted by atomic mass is 35.5. The number of aromatic amines is 1. The summed E-state index contributed by atoms with van der Waals surface area (Å²) >= 11 is 11.9. The second kappa shape index (κ2) is 7.71. The Bertz CT molecular complexity index is 1280. The molecule has 0 aliphatic heterocycles. The van der Waals surface area contributed by atoms with E-state index in [0.717, 1.165) is 24.1 Å².